The second kappa shape index (κ2) is 25.9. The van der Waals surface area contributed by atoms with E-state index >= 15 is 0 Å². The Bertz CT molecular complexity index is 1820. The second-order valence-electron chi connectivity index (χ2n) is 16.2. The van der Waals surface area contributed by atoms with Gasteiger partial charge in [0.05, 0.1) is 26.4 Å². The van der Waals surface area contributed by atoms with Crippen LogP contribution in [0.2, 0.25) is 0 Å². The lowest BCUT2D eigenvalue weighted by Crippen LogP contribution is -2.59. The first-order chi connectivity index (χ1) is 33.2. The van der Waals surface area contributed by atoms with Crippen molar-refractivity contribution in [2.45, 2.75) is 134 Å². The largest absolute Gasteiger partial charge is 0.394 e. The third kappa shape index (κ3) is 13.5. The Morgan fingerprint density at radius 3 is 0.814 bits per heavy atom. The fourth-order valence-corrected chi connectivity index (χ4v) is 7.29. The van der Waals surface area contributed by atoms with Crippen LogP contribution in [0.25, 0.3) is 0 Å². The van der Waals surface area contributed by atoms with E-state index < -0.39 is 187 Å². The van der Waals surface area contributed by atoms with Crippen molar-refractivity contribution in [1.29, 1.82) is 0 Å². The Labute approximate surface area is 398 Å². The predicted molar refractivity (Wildman–Crippen MR) is 224 cm³/mol. The van der Waals surface area contributed by atoms with Crippen molar-refractivity contribution >= 4 is 0 Å². The van der Waals surface area contributed by atoms with E-state index in [9.17, 15) is 91.9 Å². The number of benzene rings is 1. The average molecular weight is 1000 g/mol. The molecular weight excluding hydrogens is 944 g/mol. The van der Waals surface area contributed by atoms with E-state index in [4.69, 9.17) is 37.9 Å². The quantitative estimate of drug-likeness (QED) is 0.0770. The van der Waals surface area contributed by atoms with Crippen LogP contribution in [-0.2, 0) is 49.1 Å². The zero-order valence-corrected chi connectivity index (χ0v) is 36.8. The Morgan fingerprint density at radius 1 is 0.371 bits per heavy atom. The van der Waals surface area contributed by atoms with Crippen LogP contribution in [-0.4, -0.2) is 268 Å². The highest BCUT2D eigenvalue weighted by atomic mass is 16.7. The van der Waals surface area contributed by atoms with Crippen LogP contribution in [0.5, 0.6) is 0 Å². The number of hydrogen-bond donors (Lipinski definition) is 18. The minimum Gasteiger partial charge on any atom is -0.394 e. The first kappa shape index (κ1) is 57.3. The molecule has 4 saturated heterocycles. The van der Waals surface area contributed by atoms with Crippen molar-refractivity contribution in [3.8, 4) is 47.4 Å². The van der Waals surface area contributed by atoms with Crippen molar-refractivity contribution in [1.82, 2.24) is 0 Å². The van der Waals surface area contributed by atoms with E-state index in [1.54, 1.807) is 0 Å². The first-order valence-electron chi connectivity index (χ1n) is 21.5. The van der Waals surface area contributed by atoms with Crippen LogP contribution < -0.4 is 0 Å². The summed E-state index contributed by atoms with van der Waals surface area (Å²) in [5.41, 5.74) is -5.56. The van der Waals surface area contributed by atoms with Gasteiger partial charge in [0.25, 0.3) is 0 Å². The maximum Gasteiger partial charge on any atom is 0.214 e. The normalized spacial score (nSPS) is 38.5. The second-order valence-corrected chi connectivity index (χ2v) is 16.2. The first-order valence-corrected chi connectivity index (χ1v) is 21.5. The fraction of sp³-hybridized carbons (Fsp3) is 0.682. The van der Waals surface area contributed by atoms with Gasteiger partial charge in [-0.15, -0.1) is 0 Å². The van der Waals surface area contributed by atoms with Crippen LogP contribution >= 0.6 is 0 Å². The van der Waals surface area contributed by atoms with Gasteiger partial charge in [-0.2, -0.15) is 0 Å². The molecule has 0 spiro atoms. The lowest BCUT2D eigenvalue weighted by Gasteiger charge is -2.39. The van der Waals surface area contributed by atoms with Crippen molar-refractivity contribution in [2.75, 3.05) is 52.9 Å². The van der Waals surface area contributed by atoms with Crippen molar-refractivity contribution in [2.24, 2.45) is 0 Å². The molecule has 4 aliphatic rings. The van der Waals surface area contributed by atoms with E-state index in [0.29, 0.717) is 0 Å². The fourth-order valence-electron chi connectivity index (χ4n) is 7.29. The van der Waals surface area contributed by atoms with Gasteiger partial charge < -0.3 is 130 Å². The monoisotopic (exact) mass is 1000 g/mol. The number of aliphatic hydroxyl groups is 18. The van der Waals surface area contributed by atoms with Gasteiger partial charge in [-0.05, 0) is 29.7 Å². The van der Waals surface area contributed by atoms with Gasteiger partial charge in [0, 0.05) is 11.1 Å². The molecule has 18 N–H and O–H groups in total. The summed E-state index contributed by atoms with van der Waals surface area (Å²) in [7, 11) is 0. The highest BCUT2D eigenvalue weighted by Crippen LogP contribution is 2.29. The van der Waals surface area contributed by atoms with Gasteiger partial charge in [-0.1, -0.05) is 41.9 Å². The molecule has 26 nitrogen and oxygen atoms in total. The number of hydrogen-bond acceptors (Lipinski definition) is 26. The summed E-state index contributed by atoms with van der Waals surface area (Å²) in [6, 6.07) is 5.02. The molecular formula is C44H58O26. The summed E-state index contributed by atoms with van der Waals surface area (Å²) < 4.78 is 42.9. The molecule has 70 heavy (non-hydrogen) atoms. The molecule has 4 aliphatic heterocycles. The van der Waals surface area contributed by atoms with Gasteiger partial charge in [0.2, 0.25) is 11.2 Å². The molecule has 20 atom stereocenters. The average Bonchev–Trinajstić information content (AvgIpc) is 3.36. The number of ether oxygens (including phenoxy) is 8. The molecule has 26 heteroatoms. The third-order valence-corrected chi connectivity index (χ3v) is 11.4. The highest BCUT2D eigenvalue weighted by Gasteiger charge is 2.47. The van der Waals surface area contributed by atoms with Crippen LogP contribution in [0.3, 0.4) is 0 Å². The smallest absolute Gasteiger partial charge is 0.214 e. The summed E-state index contributed by atoms with van der Waals surface area (Å²) in [5, 5.41) is 185. The minimum atomic E-state index is -2.58. The molecule has 0 bridgehead atoms. The van der Waals surface area contributed by atoms with Crippen LogP contribution in [0.1, 0.15) is 11.1 Å². The Kier molecular flexibility index (Phi) is 21.2. The topological polar surface area (TPSA) is 438 Å². The van der Waals surface area contributed by atoms with E-state index in [1.165, 1.54) is 18.2 Å². The maximum atomic E-state index is 12.1. The third-order valence-electron chi connectivity index (χ3n) is 11.4. The summed E-state index contributed by atoms with van der Waals surface area (Å²) >= 11 is 0. The summed E-state index contributed by atoms with van der Waals surface area (Å²) in [5.74, 6) is 19.8. The molecule has 5 rings (SSSR count). The zero-order chi connectivity index (χ0) is 51.5. The van der Waals surface area contributed by atoms with Crippen molar-refractivity contribution < 1.29 is 130 Å². The molecule has 1 aromatic rings. The van der Waals surface area contributed by atoms with Gasteiger partial charge in [0.15, 0.2) is 25.2 Å². The predicted octanol–water partition coefficient (Wildman–Crippen LogP) is -10.7. The SMILES string of the molecule is OC[C@H]1O[C@H](OCC#CC(O)(C#CCO[C@H]2O[C@H](CO)[C@@H](O)[C@H](O)[C@@H]2O)c2cccc(C(O)(C#CCO[C@H]3O[C@H](CO)[C@@H](O)[C@H](O)[C@@H]3O)C#CCO[C@H]3O[C@H](CO)[C@@H](O)[C@H](O)[C@@H]3O)c2)[C@@H](O)[C@@H](O)[C@@H]1O. The van der Waals surface area contributed by atoms with Crippen molar-refractivity contribution in [3.05, 3.63) is 35.4 Å². The number of aliphatic hydroxyl groups excluding tert-OH is 16. The minimum absolute atomic E-state index is 0.206. The van der Waals surface area contributed by atoms with E-state index in [2.05, 4.69) is 47.4 Å². The van der Waals surface area contributed by atoms with Crippen LogP contribution in [0.4, 0.5) is 0 Å². The summed E-state index contributed by atoms with van der Waals surface area (Å²) in [4.78, 5) is 0. The molecule has 1 aromatic carbocycles. The maximum absolute atomic E-state index is 12.1. The molecule has 0 amide bonds. The zero-order valence-electron chi connectivity index (χ0n) is 36.8. The molecule has 0 saturated carbocycles. The Morgan fingerprint density at radius 2 is 0.600 bits per heavy atom. The molecule has 0 unspecified atom stereocenters. The van der Waals surface area contributed by atoms with E-state index in [1.807, 2.05) is 0 Å². The number of rotatable bonds is 14. The molecule has 4 fully saturated rings. The highest BCUT2D eigenvalue weighted by molar-refractivity contribution is 5.48. The molecule has 4 heterocycles. The standard InChI is InChI=1S/C44H58O26/c45-17-23-27(49)31(53)35(57)39(67-23)63-12-2-8-43(61,9-3-13-64-40-36(58)32(54)28(50)24(18-46)68-40)21-6-1-7-22(16-21)44(62,10-4-14-65-41-37(59)33(55)29(51)25(19-47)69-41)11-5-15-66-42-38(60)34(56)30(52)26(20-48)70-42/h1,6-7,16,23-42,45-62H,12-15,17-20H2/t23-,24-,25-,26-,27-,28-,29-,30-,31+,32+,33+,34+,35+,36+,37+,38+,39+,40+,41+,42+/m1/s1. The van der Waals surface area contributed by atoms with E-state index in [0.717, 1.165) is 6.07 Å². The lowest BCUT2D eigenvalue weighted by molar-refractivity contribution is -0.298. The lowest BCUT2D eigenvalue weighted by atomic mass is 9.88. The van der Waals surface area contributed by atoms with Crippen molar-refractivity contribution in [3.63, 3.8) is 0 Å². The van der Waals surface area contributed by atoms with Crippen LogP contribution in [0, 0.1) is 47.4 Å². The summed E-state index contributed by atoms with van der Waals surface area (Å²) in [6.45, 7) is -5.66. The Balaban J connectivity index is 1.46. The van der Waals surface area contributed by atoms with Gasteiger partial charge in [-0.25, -0.2) is 0 Å². The Hall–Kier alpha value is -3.58. The summed E-state index contributed by atoms with van der Waals surface area (Å²) in [6.07, 6.45) is -33.0. The van der Waals surface area contributed by atoms with Gasteiger partial charge >= 0.3 is 0 Å². The molecule has 0 aliphatic carbocycles. The molecule has 0 radical (unpaired) electrons. The van der Waals surface area contributed by atoms with Crippen LogP contribution in [0.15, 0.2) is 24.3 Å². The van der Waals surface area contributed by atoms with E-state index in [-0.39, 0.29) is 11.1 Å². The van der Waals surface area contributed by atoms with Gasteiger partial charge in [-0.3, -0.25) is 0 Å². The molecule has 0 aromatic heterocycles. The molecule has 390 valence electrons. The van der Waals surface area contributed by atoms with Gasteiger partial charge in [0.1, 0.15) is 124 Å².